The standard InChI is InChI=1S/C15H25NO/c1-3-4-5-6-7-13(2)17-12-14-8-10-15(16)11-9-14/h8-11,13H,3-7,12,16H2,1-2H3. The number of ether oxygens (including phenoxy) is 1. The lowest BCUT2D eigenvalue weighted by atomic mass is 10.1. The van der Waals surface area contributed by atoms with E-state index in [2.05, 4.69) is 13.8 Å². The smallest absolute Gasteiger partial charge is 0.0720 e. The van der Waals surface area contributed by atoms with Gasteiger partial charge in [-0.1, -0.05) is 44.7 Å². The van der Waals surface area contributed by atoms with Crippen molar-refractivity contribution in [3.05, 3.63) is 29.8 Å². The van der Waals surface area contributed by atoms with Gasteiger partial charge >= 0.3 is 0 Å². The third kappa shape index (κ3) is 6.32. The van der Waals surface area contributed by atoms with Gasteiger partial charge < -0.3 is 10.5 Å². The zero-order valence-electron chi connectivity index (χ0n) is 11.1. The molecule has 0 spiro atoms. The molecule has 1 rings (SSSR count). The van der Waals surface area contributed by atoms with Gasteiger partial charge in [-0.25, -0.2) is 0 Å². The highest BCUT2D eigenvalue weighted by Gasteiger charge is 2.02. The number of hydrogen-bond acceptors (Lipinski definition) is 2. The van der Waals surface area contributed by atoms with Crippen molar-refractivity contribution in [3.63, 3.8) is 0 Å². The molecule has 96 valence electrons. The Morgan fingerprint density at radius 2 is 1.82 bits per heavy atom. The van der Waals surface area contributed by atoms with E-state index in [4.69, 9.17) is 10.5 Å². The molecule has 2 heteroatoms. The van der Waals surface area contributed by atoms with E-state index in [1.165, 1.54) is 31.2 Å². The van der Waals surface area contributed by atoms with Gasteiger partial charge in [0.2, 0.25) is 0 Å². The van der Waals surface area contributed by atoms with Crippen LogP contribution >= 0.6 is 0 Å². The van der Waals surface area contributed by atoms with Crippen LogP contribution in [0.5, 0.6) is 0 Å². The Kier molecular flexibility index (Phi) is 6.71. The average molecular weight is 235 g/mol. The van der Waals surface area contributed by atoms with Gasteiger partial charge in [0.15, 0.2) is 0 Å². The molecule has 0 heterocycles. The lowest BCUT2D eigenvalue weighted by molar-refractivity contribution is 0.0459. The van der Waals surface area contributed by atoms with E-state index in [9.17, 15) is 0 Å². The van der Waals surface area contributed by atoms with Crippen LogP contribution in [0, 0.1) is 0 Å². The summed E-state index contributed by atoms with van der Waals surface area (Å²) in [7, 11) is 0. The first-order valence-electron chi connectivity index (χ1n) is 6.68. The monoisotopic (exact) mass is 235 g/mol. The van der Waals surface area contributed by atoms with Crippen molar-refractivity contribution in [1.29, 1.82) is 0 Å². The van der Waals surface area contributed by atoms with E-state index in [1.54, 1.807) is 0 Å². The van der Waals surface area contributed by atoms with Crippen molar-refractivity contribution in [2.24, 2.45) is 0 Å². The maximum absolute atomic E-state index is 5.81. The number of nitrogens with two attached hydrogens (primary N) is 1. The van der Waals surface area contributed by atoms with Crippen molar-refractivity contribution in [2.75, 3.05) is 5.73 Å². The zero-order chi connectivity index (χ0) is 12.5. The number of benzene rings is 1. The Bertz CT molecular complexity index is 294. The first-order chi connectivity index (χ1) is 8.22. The summed E-state index contributed by atoms with van der Waals surface area (Å²) < 4.78 is 5.81. The highest BCUT2D eigenvalue weighted by atomic mass is 16.5. The number of unbranched alkanes of at least 4 members (excludes halogenated alkanes) is 3. The normalized spacial score (nSPS) is 12.6. The van der Waals surface area contributed by atoms with Crippen LogP contribution in [0.3, 0.4) is 0 Å². The van der Waals surface area contributed by atoms with Crippen molar-refractivity contribution >= 4 is 5.69 Å². The molecule has 0 amide bonds. The molecular weight excluding hydrogens is 210 g/mol. The molecular formula is C15H25NO. The van der Waals surface area contributed by atoms with Crippen LogP contribution in [0.4, 0.5) is 5.69 Å². The van der Waals surface area contributed by atoms with Gasteiger partial charge in [0.1, 0.15) is 0 Å². The quantitative estimate of drug-likeness (QED) is 0.543. The van der Waals surface area contributed by atoms with Crippen LogP contribution in [-0.2, 0) is 11.3 Å². The number of hydrogen-bond donors (Lipinski definition) is 1. The van der Waals surface area contributed by atoms with E-state index in [0.29, 0.717) is 12.7 Å². The van der Waals surface area contributed by atoms with Crippen LogP contribution in [-0.4, -0.2) is 6.10 Å². The lowest BCUT2D eigenvalue weighted by Gasteiger charge is -2.13. The number of anilines is 1. The van der Waals surface area contributed by atoms with Crippen LogP contribution < -0.4 is 5.73 Å². The van der Waals surface area contributed by atoms with Gasteiger partial charge in [-0.15, -0.1) is 0 Å². The van der Waals surface area contributed by atoms with Crippen molar-refractivity contribution in [3.8, 4) is 0 Å². The predicted octanol–water partition coefficient (Wildman–Crippen LogP) is 4.14. The minimum Gasteiger partial charge on any atom is -0.399 e. The molecule has 0 aromatic heterocycles. The Labute approximate surface area is 105 Å². The van der Waals surface area contributed by atoms with Crippen LogP contribution in [0.2, 0.25) is 0 Å². The first kappa shape index (κ1) is 14.0. The highest BCUT2D eigenvalue weighted by molar-refractivity contribution is 5.39. The molecule has 0 aliphatic heterocycles. The second-order valence-electron chi connectivity index (χ2n) is 4.71. The molecule has 0 aliphatic rings. The van der Waals surface area contributed by atoms with Gasteiger partial charge in [0.05, 0.1) is 12.7 Å². The summed E-state index contributed by atoms with van der Waals surface area (Å²) in [5.41, 5.74) is 7.64. The molecule has 1 aromatic rings. The van der Waals surface area contributed by atoms with Gasteiger partial charge in [-0.05, 0) is 31.0 Å². The Balaban J connectivity index is 2.14. The summed E-state index contributed by atoms with van der Waals surface area (Å²) in [6, 6.07) is 7.90. The molecule has 1 unspecified atom stereocenters. The topological polar surface area (TPSA) is 35.2 Å². The minimum atomic E-state index is 0.351. The molecule has 0 radical (unpaired) electrons. The van der Waals surface area contributed by atoms with Crippen molar-refractivity contribution in [1.82, 2.24) is 0 Å². The molecule has 2 nitrogen and oxygen atoms in total. The lowest BCUT2D eigenvalue weighted by Crippen LogP contribution is -2.08. The van der Waals surface area contributed by atoms with Gasteiger partial charge in [0, 0.05) is 5.69 Å². The predicted molar refractivity (Wildman–Crippen MR) is 73.9 cm³/mol. The highest BCUT2D eigenvalue weighted by Crippen LogP contribution is 2.11. The number of rotatable bonds is 8. The molecule has 1 aromatic carbocycles. The number of nitrogen functional groups attached to an aromatic ring is 1. The largest absolute Gasteiger partial charge is 0.399 e. The molecule has 0 aliphatic carbocycles. The van der Waals surface area contributed by atoms with E-state index in [-0.39, 0.29) is 0 Å². The third-order valence-corrected chi connectivity index (χ3v) is 2.98. The van der Waals surface area contributed by atoms with Crippen molar-refractivity contribution in [2.45, 2.75) is 58.7 Å². The maximum Gasteiger partial charge on any atom is 0.0720 e. The molecule has 17 heavy (non-hydrogen) atoms. The summed E-state index contributed by atoms with van der Waals surface area (Å²) in [5.74, 6) is 0. The Morgan fingerprint density at radius 3 is 2.47 bits per heavy atom. The summed E-state index contributed by atoms with van der Waals surface area (Å²) in [6.45, 7) is 5.08. The van der Waals surface area contributed by atoms with E-state index >= 15 is 0 Å². The average Bonchev–Trinajstić information content (AvgIpc) is 2.34. The molecule has 0 saturated carbocycles. The second kappa shape index (κ2) is 8.13. The SMILES string of the molecule is CCCCCCC(C)OCc1ccc(N)cc1. The maximum atomic E-state index is 5.81. The summed E-state index contributed by atoms with van der Waals surface area (Å²) in [5, 5.41) is 0. The Hall–Kier alpha value is -1.02. The van der Waals surface area contributed by atoms with Gasteiger partial charge in [-0.3, -0.25) is 0 Å². The second-order valence-corrected chi connectivity index (χ2v) is 4.71. The summed E-state index contributed by atoms with van der Waals surface area (Å²) in [4.78, 5) is 0. The molecule has 0 fully saturated rings. The van der Waals surface area contributed by atoms with Crippen molar-refractivity contribution < 1.29 is 4.74 Å². The molecule has 0 saturated heterocycles. The van der Waals surface area contributed by atoms with Crippen LogP contribution in [0.15, 0.2) is 24.3 Å². The van der Waals surface area contributed by atoms with Gasteiger partial charge in [-0.2, -0.15) is 0 Å². The Morgan fingerprint density at radius 1 is 1.12 bits per heavy atom. The molecule has 2 N–H and O–H groups in total. The fourth-order valence-electron chi connectivity index (χ4n) is 1.79. The van der Waals surface area contributed by atoms with Crippen LogP contribution in [0.1, 0.15) is 51.5 Å². The first-order valence-corrected chi connectivity index (χ1v) is 6.68. The molecule has 0 bridgehead atoms. The third-order valence-electron chi connectivity index (χ3n) is 2.98. The van der Waals surface area contributed by atoms with E-state index < -0.39 is 0 Å². The fourth-order valence-corrected chi connectivity index (χ4v) is 1.79. The van der Waals surface area contributed by atoms with E-state index in [1.807, 2.05) is 24.3 Å². The minimum absolute atomic E-state index is 0.351. The summed E-state index contributed by atoms with van der Waals surface area (Å²) >= 11 is 0. The van der Waals surface area contributed by atoms with E-state index in [0.717, 1.165) is 12.1 Å². The van der Waals surface area contributed by atoms with Crippen LogP contribution in [0.25, 0.3) is 0 Å². The summed E-state index contributed by atoms with van der Waals surface area (Å²) in [6.07, 6.45) is 6.74. The zero-order valence-corrected chi connectivity index (χ0v) is 11.1. The molecule has 1 atom stereocenters. The van der Waals surface area contributed by atoms with Gasteiger partial charge in [0.25, 0.3) is 0 Å². The fraction of sp³-hybridized carbons (Fsp3) is 0.600.